The summed E-state index contributed by atoms with van der Waals surface area (Å²) in [4.78, 5) is 34.0. The normalized spacial score (nSPS) is 10.5. The molecule has 0 fully saturated rings. The van der Waals surface area contributed by atoms with Crippen LogP contribution >= 0.6 is 0 Å². The maximum absolute atomic E-state index is 12.0. The molecule has 0 aromatic heterocycles. The smallest absolute Gasteiger partial charge is 0.338 e. The molecule has 0 aliphatic carbocycles. The summed E-state index contributed by atoms with van der Waals surface area (Å²) in [6.45, 7) is 3.81. The summed E-state index contributed by atoms with van der Waals surface area (Å²) in [5, 5.41) is 13.2. The zero-order chi connectivity index (χ0) is 19.8. The van der Waals surface area contributed by atoms with Crippen molar-refractivity contribution in [2.24, 2.45) is 0 Å². The van der Waals surface area contributed by atoms with E-state index >= 15 is 0 Å². The molecule has 8 nitrogen and oxygen atoms in total. The fraction of sp³-hybridized carbons (Fsp3) is 0.263. The van der Waals surface area contributed by atoms with Gasteiger partial charge in [-0.25, -0.2) is 4.79 Å². The third-order valence-electron chi connectivity index (χ3n) is 3.45. The first-order valence-corrected chi connectivity index (χ1v) is 8.27. The number of nitro groups is 1. The molecule has 2 rings (SSSR count). The molecule has 0 radical (unpaired) electrons. The lowest BCUT2D eigenvalue weighted by atomic mass is 10.1. The highest BCUT2D eigenvalue weighted by atomic mass is 16.6. The van der Waals surface area contributed by atoms with Crippen molar-refractivity contribution < 1.29 is 24.0 Å². The van der Waals surface area contributed by atoms with Crippen molar-refractivity contribution in [1.29, 1.82) is 0 Å². The quantitative estimate of drug-likeness (QED) is 0.433. The van der Waals surface area contributed by atoms with Crippen LogP contribution in [0.3, 0.4) is 0 Å². The molecule has 0 spiro atoms. The van der Waals surface area contributed by atoms with Gasteiger partial charge < -0.3 is 14.8 Å². The van der Waals surface area contributed by atoms with E-state index in [2.05, 4.69) is 5.32 Å². The van der Waals surface area contributed by atoms with E-state index in [-0.39, 0.29) is 17.5 Å². The maximum Gasteiger partial charge on any atom is 0.338 e. The Hall–Kier alpha value is -3.26. The van der Waals surface area contributed by atoms with Crippen LogP contribution < -0.4 is 5.32 Å². The fourth-order valence-electron chi connectivity index (χ4n) is 2.11. The van der Waals surface area contributed by atoms with Crippen molar-refractivity contribution in [3.63, 3.8) is 0 Å². The minimum Gasteiger partial charge on any atom is -0.452 e. The van der Waals surface area contributed by atoms with Gasteiger partial charge in [-0.3, -0.25) is 14.9 Å². The first kappa shape index (κ1) is 20.1. The number of amides is 1. The van der Waals surface area contributed by atoms with Crippen LogP contribution in [0, 0.1) is 10.1 Å². The Balaban J connectivity index is 1.85. The highest BCUT2D eigenvalue weighted by Gasteiger charge is 2.12. The van der Waals surface area contributed by atoms with Gasteiger partial charge >= 0.3 is 5.97 Å². The number of nitrogens with zero attached hydrogens (tertiary/aromatic N) is 1. The van der Waals surface area contributed by atoms with Gasteiger partial charge in [0.15, 0.2) is 6.61 Å². The van der Waals surface area contributed by atoms with Gasteiger partial charge in [0.25, 0.3) is 11.6 Å². The number of nitrogens with one attached hydrogen (secondary N) is 1. The molecule has 0 saturated heterocycles. The Kier molecular flexibility index (Phi) is 7.01. The Bertz CT molecular complexity index is 817. The number of hydrogen-bond acceptors (Lipinski definition) is 6. The Morgan fingerprint density at radius 2 is 1.85 bits per heavy atom. The zero-order valence-electron chi connectivity index (χ0n) is 15.0. The number of non-ortho nitro benzene ring substituents is 1. The van der Waals surface area contributed by atoms with Crippen LogP contribution in [0.15, 0.2) is 48.5 Å². The molecule has 142 valence electrons. The van der Waals surface area contributed by atoms with E-state index < -0.39 is 23.4 Å². The van der Waals surface area contributed by atoms with Gasteiger partial charge in [0.2, 0.25) is 0 Å². The zero-order valence-corrected chi connectivity index (χ0v) is 15.0. The Morgan fingerprint density at radius 1 is 1.15 bits per heavy atom. The summed E-state index contributed by atoms with van der Waals surface area (Å²) in [5.74, 6) is -1.23. The topological polar surface area (TPSA) is 108 Å². The van der Waals surface area contributed by atoms with Gasteiger partial charge in [-0.2, -0.15) is 0 Å². The van der Waals surface area contributed by atoms with E-state index in [1.54, 1.807) is 24.3 Å². The number of benzene rings is 2. The molecule has 0 unspecified atom stereocenters. The summed E-state index contributed by atoms with van der Waals surface area (Å²) in [6.07, 6.45) is 0.110. The minimum absolute atomic E-state index is 0.110. The van der Waals surface area contributed by atoms with Crippen molar-refractivity contribution in [2.75, 3.05) is 11.9 Å². The lowest BCUT2D eigenvalue weighted by Gasteiger charge is -2.09. The summed E-state index contributed by atoms with van der Waals surface area (Å²) in [7, 11) is 0. The van der Waals surface area contributed by atoms with Gasteiger partial charge in [-0.05, 0) is 37.6 Å². The first-order chi connectivity index (χ1) is 12.8. The summed E-state index contributed by atoms with van der Waals surface area (Å²) < 4.78 is 10.4. The third-order valence-corrected chi connectivity index (χ3v) is 3.45. The maximum atomic E-state index is 12.0. The van der Waals surface area contributed by atoms with Crippen molar-refractivity contribution in [3.05, 3.63) is 69.8 Å². The average molecular weight is 372 g/mol. The molecule has 0 bridgehead atoms. The van der Waals surface area contributed by atoms with E-state index in [1.807, 2.05) is 13.8 Å². The number of carbonyl (C=O) groups excluding carboxylic acids is 2. The number of carbonyl (C=O) groups is 2. The van der Waals surface area contributed by atoms with Crippen LogP contribution in [-0.2, 0) is 20.9 Å². The summed E-state index contributed by atoms with van der Waals surface area (Å²) >= 11 is 0. The van der Waals surface area contributed by atoms with Crippen LogP contribution in [0.1, 0.15) is 29.8 Å². The lowest BCUT2D eigenvalue weighted by Crippen LogP contribution is -2.21. The Labute approximate surface area is 156 Å². The van der Waals surface area contributed by atoms with Gasteiger partial charge in [-0.1, -0.05) is 18.2 Å². The lowest BCUT2D eigenvalue weighted by molar-refractivity contribution is -0.384. The second-order valence-electron chi connectivity index (χ2n) is 5.99. The number of esters is 1. The summed E-state index contributed by atoms with van der Waals surface area (Å²) in [5.41, 5.74) is 1.33. The molecular formula is C19H20N2O6. The molecule has 2 aromatic rings. The van der Waals surface area contributed by atoms with Crippen molar-refractivity contribution in [2.45, 2.75) is 26.6 Å². The van der Waals surface area contributed by atoms with Crippen LogP contribution in [0.4, 0.5) is 11.4 Å². The first-order valence-electron chi connectivity index (χ1n) is 8.27. The van der Waals surface area contributed by atoms with E-state index in [4.69, 9.17) is 9.47 Å². The van der Waals surface area contributed by atoms with E-state index in [0.29, 0.717) is 12.2 Å². The molecule has 2 aromatic carbocycles. The van der Waals surface area contributed by atoms with Gasteiger partial charge in [-0.15, -0.1) is 0 Å². The van der Waals surface area contributed by atoms with Crippen molar-refractivity contribution >= 4 is 23.3 Å². The number of anilines is 1. The Morgan fingerprint density at radius 3 is 2.48 bits per heavy atom. The predicted octanol–water partition coefficient (Wildman–Crippen LogP) is 3.32. The molecule has 0 heterocycles. The monoisotopic (exact) mass is 372 g/mol. The molecule has 0 aliphatic heterocycles. The molecular weight excluding hydrogens is 352 g/mol. The predicted molar refractivity (Wildman–Crippen MR) is 98.4 cm³/mol. The van der Waals surface area contributed by atoms with Gasteiger partial charge in [0, 0.05) is 17.8 Å². The average Bonchev–Trinajstić information content (AvgIpc) is 2.65. The summed E-state index contributed by atoms with van der Waals surface area (Å²) in [6, 6.07) is 12.2. The highest BCUT2D eigenvalue weighted by Crippen LogP contribution is 2.17. The third kappa shape index (κ3) is 6.52. The molecule has 0 atom stereocenters. The SMILES string of the molecule is CC(C)OCc1ccc(C(=O)OCC(=O)Nc2cccc([N+](=O)[O-])c2)cc1. The van der Waals surface area contributed by atoms with Crippen molar-refractivity contribution in [1.82, 2.24) is 0 Å². The standard InChI is InChI=1S/C19H20N2O6/c1-13(2)26-11-14-6-8-15(9-7-14)19(23)27-12-18(22)20-16-4-3-5-17(10-16)21(24)25/h3-10,13H,11-12H2,1-2H3,(H,20,22). The second-order valence-corrected chi connectivity index (χ2v) is 5.99. The molecule has 1 N–H and O–H groups in total. The molecule has 1 amide bonds. The molecule has 0 aliphatic rings. The van der Waals surface area contributed by atoms with Crippen LogP contribution in [0.2, 0.25) is 0 Å². The van der Waals surface area contributed by atoms with Gasteiger partial charge in [0.05, 0.1) is 23.2 Å². The number of ether oxygens (including phenoxy) is 2. The molecule has 27 heavy (non-hydrogen) atoms. The molecule has 0 saturated carbocycles. The largest absolute Gasteiger partial charge is 0.452 e. The van der Waals surface area contributed by atoms with Crippen molar-refractivity contribution in [3.8, 4) is 0 Å². The fourth-order valence-corrected chi connectivity index (χ4v) is 2.11. The minimum atomic E-state index is -0.638. The number of rotatable bonds is 8. The van der Waals surface area contributed by atoms with E-state index in [1.165, 1.54) is 24.3 Å². The van der Waals surface area contributed by atoms with Crippen LogP contribution in [-0.4, -0.2) is 29.5 Å². The highest BCUT2D eigenvalue weighted by molar-refractivity contribution is 5.95. The van der Waals surface area contributed by atoms with Crippen LogP contribution in [0.25, 0.3) is 0 Å². The van der Waals surface area contributed by atoms with E-state index in [0.717, 1.165) is 5.56 Å². The van der Waals surface area contributed by atoms with Gasteiger partial charge in [0.1, 0.15) is 0 Å². The molecule has 8 heteroatoms. The second kappa shape index (κ2) is 9.44. The number of nitro benzene ring substituents is 1. The van der Waals surface area contributed by atoms with E-state index in [9.17, 15) is 19.7 Å². The van der Waals surface area contributed by atoms with Crippen LogP contribution in [0.5, 0.6) is 0 Å². The number of hydrogen-bond donors (Lipinski definition) is 1.